The topological polar surface area (TPSA) is 394 Å². The van der Waals surface area contributed by atoms with Gasteiger partial charge in [-0.1, -0.05) is 65.3 Å². The van der Waals surface area contributed by atoms with Crippen LogP contribution in [0.5, 0.6) is 0 Å². The number of aliphatic carboxylic acids is 1. The fraction of sp³-hybridized carbons (Fsp3) is 0.848. The van der Waals surface area contributed by atoms with Gasteiger partial charge in [0.05, 0.1) is 43.7 Å². The minimum Gasteiger partial charge on any atom is -0.479 e. The Balaban J connectivity index is 1.06. The lowest BCUT2D eigenvalue weighted by atomic mass is 9.32. The van der Waals surface area contributed by atoms with Gasteiger partial charge < -0.3 is 104 Å². The van der Waals surface area contributed by atoms with Crippen LogP contribution in [0.4, 0.5) is 0 Å². The summed E-state index contributed by atoms with van der Waals surface area (Å²) < 4.78 is 55.6. The Labute approximate surface area is 532 Å². The normalized spacial score (nSPS) is 50.0. The van der Waals surface area contributed by atoms with Crippen LogP contribution >= 0.6 is 0 Å². The SMILES string of the molecule is C/C=C(/C)C(=O)O[C@@H]1[C@@H](O)[C@H]([C@H]2C[C@]3(COC(C)=O)[C@H](O)C[C@]4(C)C(=CC[C@@H]5[C@@]6(C)CC[C@H]([C@@H]7O[C@H](C(=O)O)[C@@H](O)[C@H](O[C@@H]8O[C@@H](C)[C@H](O)[C@@H](O)[C@H]8O)[C@H]7O[C@@H]7O[C@H](CO)[C@H](O)[C@H](O)[C@H]7O)[C@](C)(CO)[C@@H]6CC[C@]54C)[C@@H]3CC2(C)C)O[C@H](C)[C@H]1OC(=O)/C(C)=C\C. The number of hydrogen-bond donors (Lipinski definition) is 12. The molecule has 0 radical (unpaired) electrons. The molecule has 8 fully saturated rings. The Morgan fingerprint density at radius 1 is 0.615 bits per heavy atom. The van der Waals surface area contributed by atoms with Gasteiger partial charge in [0, 0.05) is 30.1 Å². The number of carboxylic acid groups (broad SMARTS) is 1. The van der Waals surface area contributed by atoms with Crippen molar-refractivity contribution in [2.75, 3.05) is 19.8 Å². The Morgan fingerprint density at radius 2 is 1.21 bits per heavy atom. The van der Waals surface area contributed by atoms with Crippen molar-refractivity contribution in [3.63, 3.8) is 0 Å². The third-order valence-corrected chi connectivity index (χ3v) is 24.7. The monoisotopic (exact) mass is 1290 g/mol. The fourth-order valence-electron chi connectivity index (χ4n) is 18.9. The largest absolute Gasteiger partial charge is 0.479 e. The van der Waals surface area contributed by atoms with E-state index < -0.39 is 210 Å². The molecule has 0 aromatic carbocycles. The van der Waals surface area contributed by atoms with Gasteiger partial charge in [0.25, 0.3) is 0 Å². The van der Waals surface area contributed by atoms with Crippen molar-refractivity contribution in [1.82, 2.24) is 0 Å². The van der Waals surface area contributed by atoms with E-state index in [0.717, 1.165) is 5.57 Å². The van der Waals surface area contributed by atoms with Gasteiger partial charge in [-0.15, -0.1) is 0 Å². The summed E-state index contributed by atoms with van der Waals surface area (Å²) in [4.78, 5) is 53.1. The minimum atomic E-state index is -2.13. The van der Waals surface area contributed by atoms with Crippen molar-refractivity contribution >= 4 is 23.9 Å². The highest BCUT2D eigenvalue weighted by Crippen LogP contribution is 2.77. The van der Waals surface area contributed by atoms with Crippen LogP contribution < -0.4 is 0 Å². The molecule has 9 aliphatic rings. The Kier molecular flexibility index (Phi) is 20.8. The predicted octanol–water partition coefficient (Wildman–Crippen LogP) is 1.65. The highest BCUT2D eigenvalue weighted by Gasteiger charge is 2.73. The van der Waals surface area contributed by atoms with E-state index in [9.17, 15) is 80.5 Å². The molecule has 0 bridgehead atoms. The average molecular weight is 1300 g/mol. The second-order valence-corrected chi connectivity index (χ2v) is 29.8. The molecule has 25 nitrogen and oxygen atoms in total. The lowest BCUT2D eigenvalue weighted by Gasteiger charge is -2.73. The second kappa shape index (κ2) is 26.4. The molecule has 4 saturated heterocycles. The molecule has 9 rings (SSSR count). The highest BCUT2D eigenvalue weighted by atomic mass is 16.7. The standard InChI is InChI=1S/C66H102O25/c1-14-28(3)57(81)88-49-31(6)84-50(47(77)52(49)89-58(82)29(4)15-2)36-23-66(27-83-32(7)69)35(22-61(36,8)9)33-16-17-39-62(10)20-18-34(63(11,26-68)38(62)19-21-64(39,12)65(33,13)24-40(66)70)51-55(91-60-46(76)44(74)42(72)37(25-67)86-60)53(48(78)54(87-51)56(79)80)90-59-45(75)43(73)41(71)30(5)85-59/h14-16,30-31,34-55,59-60,67-68,70-78H,17-27H2,1-13H3,(H,79,80)/b28-14-,29-15-/t30-,31+,34+,35-,36+,37+,38+,39+,40+,41-,42-,43+,44-,45+,46+,47-,48-,49+,50-,51-,52+,53-,54-,55-,59-,60-,62-,63-,64+,65+,66+/m0/s1. The van der Waals surface area contributed by atoms with Crippen LogP contribution in [-0.2, 0) is 61.8 Å². The molecule has 0 amide bonds. The van der Waals surface area contributed by atoms with E-state index in [1.54, 1.807) is 46.8 Å². The molecular weight excluding hydrogens is 1190 g/mol. The van der Waals surface area contributed by atoms with E-state index in [1.165, 1.54) is 13.8 Å². The van der Waals surface area contributed by atoms with E-state index >= 15 is 0 Å². The fourth-order valence-corrected chi connectivity index (χ4v) is 18.9. The molecule has 0 unspecified atom stereocenters. The zero-order valence-electron chi connectivity index (χ0n) is 54.7. The number of hydrogen-bond acceptors (Lipinski definition) is 24. The van der Waals surface area contributed by atoms with E-state index in [0.29, 0.717) is 37.7 Å². The zero-order chi connectivity index (χ0) is 67.3. The predicted molar refractivity (Wildman–Crippen MR) is 318 cm³/mol. The van der Waals surface area contributed by atoms with Gasteiger partial charge >= 0.3 is 23.9 Å². The molecule has 25 heteroatoms. The van der Waals surface area contributed by atoms with Crippen LogP contribution in [0, 0.1) is 62.1 Å². The number of allylic oxidation sites excluding steroid dienone is 4. The number of ether oxygens (including phenoxy) is 9. The molecule has 5 aliphatic carbocycles. The molecule has 516 valence electrons. The quantitative estimate of drug-likeness (QED) is 0.0480. The van der Waals surface area contributed by atoms with Crippen molar-refractivity contribution in [3.8, 4) is 0 Å². The zero-order valence-corrected chi connectivity index (χ0v) is 54.7. The Bertz CT molecular complexity index is 2770. The van der Waals surface area contributed by atoms with E-state index in [4.69, 9.17) is 42.6 Å². The summed E-state index contributed by atoms with van der Waals surface area (Å²) in [7, 11) is 0. The first kappa shape index (κ1) is 71.7. The van der Waals surface area contributed by atoms with Gasteiger partial charge in [-0.05, 0) is 150 Å². The summed E-state index contributed by atoms with van der Waals surface area (Å²) >= 11 is 0. The van der Waals surface area contributed by atoms with Crippen LogP contribution in [0.25, 0.3) is 0 Å². The average Bonchev–Trinajstić information content (AvgIpc) is 0.674. The molecule has 0 aromatic heterocycles. The maximum Gasteiger partial charge on any atom is 0.335 e. The maximum atomic E-state index is 13.5. The van der Waals surface area contributed by atoms with Gasteiger partial charge in [0.2, 0.25) is 0 Å². The number of aliphatic hydroxyl groups is 11. The lowest BCUT2D eigenvalue weighted by molar-refractivity contribution is -0.374. The molecule has 4 heterocycles. The number of fused-ring (bicyclic) bond motifs is 7. The molecule has 91 heavy (non-hydrogen) atoms. The number of carboxylic acids is 1. The van der Waals surface area contributed by atoms with Crippen molar-refractivity contribution in [1.29, 1.82) is 0 Å². The first-order chi connectivity index (χ1) is 42.5. The lowest BCUT2D eigenvalue weighted by Crippen LogP contribution is -2.71. The van der Waals surface area contributed by atoms with Crippen molar-refractivity contribution in [2.45, 2.75) is 270 Å². The van der Waals surface area contributed by atoms with Gasteiger partial charge in [-0.3, -0.25) is 4.79 Å². The molecule has 0 aromatic rings. The third kappa shape index (κ3) is 12.0. The first-order valence-corrected chi connectivity index (χ1v) is 32.5. The minimum absolute atomic E-state index is 0.111. The van der Waals surface area contributed by atoms with Crippen LogP contribution in [-0.4, -0.2) is 234 Å². The number of carbonyl (C=O) groups is 4. The third-order valence-electron chi connectivity index (χ3n) is 24.7. The smallest absolute Gasteiger partial charge is 0.335 e. The van der Waals surface area contributed by atoms with Crippen molar-refractivity contribution in [2.24, 2.45) is 62.1 Å². The van der Waals surface area contributed by atoms with Gasteiger partial charge in [-0.2, -0.15) is 0 Å². The number of esters is 3. The van der Waals surface area contributed by atoms with Gasteiger partial charge in [0.1, 0.15) is 67.1 Å². The maximum absolute atomic E-state index is 13.5. The Morgan fingerprint density at radius 3 is 1.79 bits per heavy atom. The molecule has 0 spiro atoms. The van der Waals surface area contributed by atoms with Crippen molar-refractivity contribution in [3.05, 3.63) is 34.9 Å². The summed E-state index contributed by atoms with van der Waals surface area (Å²) in [5.74, 6) is -5.77. The molecule has 31 atom stereocenters. The van der Waals surface area contributed by atoms with Crippen molar-refractivity contribution < 1.29 is 123 Å². The number of carbonyl (C=O) groups excluding carboxylic acids is 3. The van der Waals surface area contributed by atoms with Gasteiger partial charge in [-0.25, -0.2) is 14.4 Å². The van der Waals surface area contributed by atoms with Crippen LogP contribution in [0.1, 0.15) is 141 Å². The van der Waals surface area contributed by atoms with E-state index in [1.807, 2.05) is 6.92 Å². The second-order valence-electron chi connectivity index (χ2n) is 29.8. The molecule has 4 aliphatic heterocycles. The first-order valence-electron chi connectivity index (χ1n) is 32.5. The van der Waals surface area contributed by atoms with Crippen LogP contribution in [0.2, 0.25) is 0 Å². The van der Waals surface area contributed by atoms with E-state index in [2.05, 4.69) is 40.7 Å². The number of rotatable bonds is 15. The number of aliphatic hydroxyl groups excluding tert-OH is 11. The van der Waals surface area contributed by atoms with Crippen LogP contribution in [0.3, 0.4) is 0 Å². The summed E-state index contributed by atoms with van der Waals surface area (Å²) in [5.41, 5.74) is -3.08. The van der Waals surface area contributed by atoms with E-state index in [-0.39, 0.29) is 49.2 Å². The summed E-state index contributed by atoms with van der Waals surface area (Å²) in [6.07, 6.45) is -25.0. The summed E-state index contributed by atoms with van der Waals surface area (Å²) in [5, 5.41) is 137. The summed E-state index contributed by atoms with van der Waals surface area (Å²) in [6.45, 7) is 22.2. The Hall–Kier alpha value is -3.58. The summed E-state index contributed by atoms with van der Waals surface area (Å²) in [6, 6.07) is 0. The molecule has 12 N–H and O–H groups in total. The highest BCUT2D eigenvalue weighted by molar-refractivity contribution is 5.88. The van der Waals surface area contributed by atoms with Gasteiger partial charge in [0.15, 0.2) is 30.9 Å². The molecular formula is C66H102O25. The van der Waals surface area contributed by atoms with Crippen LogP contribution in [0.15, 0.2) is 34.9 Å². The molecule has 4 saturated carbocycles.